The second-order valence-electron chi connectivity index (χ2n) is 5.25. The SMILES string of the molecule is Cc1nn(-c2ccncc2)cc1CNc1ccc(CN)c(F)c1. The smallest absolute Gasteiger partial charge is 0.129 e. The highest BCUT2D eigenvalue weighted by Crippen LogP contribution is 2.17. The molecule has 0 spiro atoms. The summed E-state index contributed by atoms with van der Waals surface area (Å²) in [6.45, 7) is 2.72. The number of aromatic nitrogens is 3. The molecule has 2 aromatic heterocycles. The summed E-state index contributed by atoms with van der Waals surface area (Å²) in [4.78, 5) is 4.00. The predicted molar refractivity (Wildman–Crippen MR) is 87.7 cm³/mol. The van der Waals surface area contributed by atoms with Gasteiger partial charge in [0.25, 0.3) is 0 Å². The highest BCUT2D eigenvalue weighted by molar-refractivity contribution is 5.46. The molecular formula is C17H18FN5. The zero-order valence-electron chi connectivity index (χ0n) is 12.8. The van der Waals surface area contributed by atoms with Crippen molar-refractivity contribution in [1.29, 1.82) is 0 Å². The van der Waals surface area contributed by atoms with Crippen LogP contribution in [0.3, 0.4) is 0 Å². The number of pyridine rings is 1. The van der Waals surface area contributed by atoms with Gasteiger partial charge in [0.2, 0.25) is 0 Å². The molecular weight excluding hydrogens is 293 g/mol. The fourth-order valence-corrected chi connectivity index (χ4v) is 2.32. The number of aryl methyl sites for hydroxylation is 1. The number of anilines is 1. The van der Waals surface area contributed by atoms with Crippen molar-refractivity contribution in [2.75, 3.05) is 5.32 Å². The first-order valence-electron chi connectivity index (χ1n) is 7.35. The average molecular weight is 311 g/mol. The first-order chi connectivity index (χ1) is 11.2. The molecule has 0 aliphatic heterocycles. The monoisotopic (exact) mass is 311 g/mol. The van der Waals surface area contributed by atoms with E-state index in [4.69, 9.17) is 5.73 Å². The van der Waals surface area contributed by atoms with Crippen LogP contribution in [0.25, 0.3) is 5.69 Å². The lowest BCUT2D eigenvalue weighted by Gasteiger charge is -2.07. The molecule has 6 heteroatoms. The maximum Gasteiger partial charge on any atom is 0.129 e. The molecule has 0 aliphatic rings. The number of nitrogens with two attached hydrogens (primary N) is 1. The minimum absolute atomic E-state index is 0.198. The van der Waals surface area contributed by atoms with Crippen LogP contribution >= 0.6 is 0 Å². The summed E-state index contributed by atoms with van der Waals surface area (Å²) in [5.74, 6) is -0.290. The Morgan fingerprint density at radius 2 is 1.96 bits per heavy atom. The van der Waals surface area contributed by atoms with Crippen LogP contribution < -0.4 is 11.1 Å². The highest BCUT2D eigenvalue weighted by atomic mass is 19.1. The molecule has 5 nitrogen and oxygen atoms in total. The predicted octanol–water partition coefficient (Wildman–Crippen LogP) is 2.79. The highest BCUT2D eigenvalue weighted by Gasteiger charge is 2.07. The summed E-state index contributed by atoms with van der Waals surface area (Å²) in [6.07, 6.45) is 5.42. The average Bonchev–Trinajstić information content (AvgIpc) is 2.95. The van der Waals surface area contributed by atoms with Gasteiger partial charge in [-0.25, -0.2) is 9.07 Å². The van der Waals surface area contributed by atoms with Crippen LogP contribution in [-0.2, 0) is 13.1 Å². The van der Waals surface area contributed by atoms with Gasteiger partial charge in [0.05, 0.1) is 11.4 Å². The fourth-order valence-electron chi connectivity index (χ4n) is 2.32. The first-order valence-corrected chi connectivity index (χ1v) is 7.35. The Kier molecular flexibility index (Phi) is 4.34. The third kappa shape index (κ3) is 3.37. The second-order valence-corrected chi connectivity index (χ2v) is 5.25. The molecule has 3 aromatic rings. The van der Waals surface area contributed by atoms with Crippen molar-refractivity contribution in [2.24, 2.45) is 5.73 Å². The Morgan fingerprint density at radius 1 is 1.17 bits per heavy atom. The van der Waals surface area contributed by atoms with E-state index in [1.54, 1.807) is 18.5 Å². The van der Waals surface area contributed by atoms with Crippen LogP contribution in [0.1, 0.15) is 16.8 Å². The summed E-state index contributed by atoms with van der Waals surface area (Å²) in [5.41, 5.74) is 9.62. The van der Waals surface area contributed by atoms with Crippen molar-refractivity contribution in [3.8, 4) is 5.69 Å². The zero-order chi connectivity index (χ0) is 16.2. The van der Waals surface area contributed by atoms with Crippen LogP contribution in [0, 0.1) is 12.7 Å². The molecule has 0 aliphatic carbocycles. The molecule has 0 saturated carbocycles. The molecule has 3 N–H and O–H groups in total. The van der Waals surface area contributed by atoms with Gasteiger partial charge >= 0.3 is 0 Å². The van der Waals surface area contributed by atoms with Crippen molar-refractivity contribution >= 4 is 5.69 Å². The lowest BCUT2D eigenvalue weighted by molar-refractivity contribution is 0.611. The van der Waals surface area contributed by atoms with E-state index in [1.807, 2.05) is 36.0 Å². The van der Waals surface area contributed by atoms with Crippen molar-refractivity contribution in [1.82, 2.24) is 14.8 Å². The fraction of sp³-hybridized carbons (Fsp3) is 0.176. The van der Waals surface area contributed by atoms with Crippen molar-refractivity contribution in [3.63, 3.8) is 0 Å². The van der Waals surface area contributed by atoms with Gasteiger partial charge in [-0.3, -0.25) is 4.98 Å². The zero-order valence-corrected chi connectivity index (χ0v) is 12.8. The topological polar surface area (TPSA) is 68.8 Å². The summed E-state index contributed by atoms with van der Waals surface area (Å²) in [7, 11) is 0. The first kappa shape index (κ1) is 15.2. The van der Waals surface area contributed by atoms with E-state index in [2.05, 4.69) is 15.4 Å². The van der Waals surface area contributed by atoms with Crippen LogP contribution in [0.2, 0.25) is 0 Å². The van der Waals surface area contributed by atoms with E-state index >= 15 is 0 Å². The summed E-state index contributed by atoms with van der Waals surface area (Å²) < 4.78 is 15.6. The number of halogens is 1. The lowest BCUT2D eigenvalue weighted by Crippen LogP contribution is -2.03. The quantitative estimate of drug-likeness (QED) is 0.760. The van der Waals surface area contributed by atoms with Gasteiger partial charge in [0, 0.05) is 48.5 Å². The molecule has 23 heavy (non-hydrogen) atoms. The van der Waals surface area contributed by atoms with Crippen LogP contribution in [0.15, 0.2) is 48.9 Å². The normalized spacial score (nSPS) is 10.7. The van der Waals surface area contributed by atoms with E-state index in [0.29, 0.717) is 12.1 Å². The van der Waals surface area contributed by atoms with Gasteiger partial charge in [-0.05, 0) is 31.2 Å². The molecule has 2 heterocycles. The largest absolute Gasteiger partial charge is 0.381 e. The molecule has 118 valence electrons. The summed E-state index contributed by atoms with van der Waals surface area (Å²) in [6, 6.07) is 8.78. The third-order valence-electron chi connectivity index (χ3n) is 3.68. The summed E-state index contributed by atoms with van der Waals surface area (Å²) in [5, 5.41) is 7.71. The maximum absolute atomic E-state index is 13.7. The molecule has 0 fully saturated rings. The van der Waals surface area contributed by atoms with Gasteiger partial charge in [0.1, 0.15) is 5.82 Å². The number of rotatable bonds is 5. The number of nitrogens with one attached hydrogen (secondary N) is 1. The van der Waals surface area contributed by atoms with Crippen molar-refractivity contribution < 1.29 is 4.39 Å². The Morgan fingerprint density at radius 3 is 2.65 bits per heavy atom. The third-order valence-corrected chi connectivity index (χ3v) is 3.68. The molecule has 3 rings (SSSR count). The van der Waals surface area contributed by atoms with Gasteiger partial charge in [-0.1, -0.05) is 6.07 Å². The van der Waals surface area contributed by atoms with Gasteiger partial charge in [0.15, 0.2) is 0 Å². The Labute approximate surface area is 134 Å². The molecule has 0 saturated heterocycles. The Balaban J connectivity index is 1.74. The lowest BCUT2D eigenvalue weighted by atomic mass is 10.2. The van der Waals surface area contributed by atoms with Crippen molar-refractivity contribution in [2.45, 2.75) is 20.0 Å². The maximum atomic E-state index is 13.7. The van der Waals surface area contributed by atoms with E-state index in [-0.39, 0.29) is 12.4 Å². The molecule has 0 bridgehead atoms. The number of nitrogens with zero attached hydrogens (tertiary/aromatic N) is 3. The molecule has 0 unspecified atom stereocenters. The minimum atomic E-state index is -0.290. The molecule has 0 amide bonds. The van der Waals surface area contributed by atoms with E-state index in [9.17, 15) is 4.39 Å². The van der Waals surface area contributed by atoms with Gasteiger partial charge < -0.3 is 11.1 Å². The molecule has 1 aromatic carbocycles. The van der Waals surface area contributed by atoms with Crippen LogP contribution in [0.5, 0.6) is 0 Å². The number of benzene rings is 1. The van der Waals surface area contributed by atoms with Crippen molar-refractivity contribution in [3.05, 3.63) is 71.6 Å². The van der Waals surface area contributed by atoms with E-state index in [0.717, 1.165) is 22.6 Å². The number of hydrogen-bond donors (Lipinski definition) is 2. The minimum Gasteiger partial charge on any atom is -0.381 e. The van der Waals surface area contributed by atoms with E-state index < -0.39 is 0 Å². The van der Waals surface area contributed by atoms with Gasteiger partial charge in [-0.2, -0.15) is 5.10 Å². The summed E-state index contributed by atoms with van der Waals surface area (Å²) >= 11 is 0. The Bertz CT molecular complexity index is 798. The van der Waals surface area contributed by atoms with Crippen LogP contribution in [0.4, 0.5) is 10.1 Å². The molecule has 0 radical (unpaired) electrons. The second kappa shape index (κ2) is 6.58. The van der Waals surface area contributed by atoms with E-state index in [1.165, 1.54) is 6.07 Å². The van der Waals surface area contributed by atoms with Gasteiger partial charge in [-0.15, -0.1) is 0 Å². The standard InChI is InChI=1S/C17H18FN5/c1-12-14(11-23(22-12)16-4-6-20-7-5-16)10-21-15-3-2-13(9-19)17(18)8-15/h2-8,11,21H,9-10,19H2,1H3. The Hall–Kier alpha value is -2.73. The van der Waals surface area contributed by atoms with Crippen LogP contribution in [-0.4, -0.2) is 14.8 Å². The molecule has 0 atom stereocenters. The number of hydrogen-bond acceptors (Lipinski definition) is 4.